The minimum Gasteiger partial charge on any atom is -0.496 e. The Morgan fingerprint density at radius 1 is 1.00 bits per heavy atom. The summed E-state index contributed by atoms with van der Waals surface area (Å²) >= 11 is 0. The zero-order valence-electron chi connectivity index (χ0n) is 13.8. The summed E-state index contributed by atoms with van der Waals surface area (Å²) in [5, 5.41) is 3.88. The Kier molecular flexibility index (Phi) is 4.94. The third kappa shape index (κ3) is 3.60. The largest absolute Gasteiger partial charge is 0.496 e. The van der Waals surface area contributed by atoms with Gasteiger partial charge in [0.25, 0.3) is 5.89 Å². The number of esters is 1. The van der Waals surface area contributed by atoms with Crippen LogP contribution < -0.4 is 9.47 Å². The Labute approximate surface area is 144 Å². The first-order valence-electron chi connectivity index (χ1n) is 7.49. The van der Waals surface area contributed by atoms with Crippen molar-refractivity contribution in [2.24, 2.45) is 0 Å². The molecule has 0 radical (unpaired) electrons. The SMILES string of the molecule is COc1cccc(OC)c1C(=O)OCc1nc(-c2ccccc2)no1. The molecule has 0 aliphatic carbocycles. The zero-order chi connectivity index (χ0) is 17.6. The number of aromatic nitrogens is 2. The summed E-state index contributed by atoms with van der Waals surface area (Å²) in [7, 11) is 2.94. The number of nitrogens with zero attached hydrogens (tertiary/aromatic N) is 2. The lowest BCUT2D eigenvalue weighted by Crippen LogP contribution is -2.09. The second-order valence-corrected chi connectivity index (χ2v) is 4.99. The van der Waals surface area contributed by atoms with E-state index in [1.54, 1.807) is 18.2 Å². The Morgan fingerprint density at radius 3 is 2.32 bits per heavy atom. The number of ether oxygens (including phenoxy) is 3. The molecule has 0 aliphatic rings. The van der Waals surface area contributed by atoms with E-state index in [1.807, 2.05) is 30.3 Å². The predicted molar refractivity (Wildman–Crippen MR) is 88.4 cm³/mol. The van der Waals surface area contributed by atoms with Crippen LogP contribution in [0.25, 0.3) is 11.4 Å². The van der Waals surface area contributed by atoms with Crippen molar-refractivity contribution in [2.75, 3.05) is 14.2 Å². The van der Waals surface area contributed by atoms with Gasteiger partial charge in [0.1, 0.15) is 17.1 Å². The fourth-order valence-electron chi connectivity index (χ4n) is 2.27. The van der Waals surface area contributed by atoms with Crippen molar-refractivity contribution >= 4 is 5.97 Å². The van der Waals surface area contributed by atoms with Gasteiger partial charge in [-0.3, -0.25) is 0 Å². The van der Waals surface area contributed by atoms with Gasteiger partial charge in [-0.25, -0.2) is 4.79 Å². The lowest BCUT2D eigenvalue weighted by atomic mass is 10.2. The van der Waals surface area contributed by atoms with Gasteiger partial charge in [-0.15, -0.1) is 0 Å². The van der Waals surface area contributed by atoms with Gasteiger partial charge in [0.2, 0.25) is 5.82 Å². The summed E-state index contributed by atoms with van der Waals surface area (Å²) in [6.45, 7) is -0.153. The number of rotatable bonds is 6. The zero-order valence-corrected chi connectivity index (χ0v) is 13.8. The Balaban J connectivity index is 1.72. The maximum absolute atomic E-state index is 12.4. The fraction of sp³-hybridized carbons (Fsp3) is 0.167. The number of methoxy groups -OCH3 is 2. The highest BCUT2D eigenvalue weighted by Crippen LogP contribution is 2.29. The van der Waals surface area contributed by atoms with E-state index in [2.05, 4.69) is 10.1 Å². The van der Waals surface area contributed by atoms with Crippen LogP contribution in [0.4, 0.5) is 0 Å². The number of carbonyl (C=O) groups excluding carboxylic acids is 1. The monoisotopic (exact) mass is 340 g/mol. The molecule has 0 bridgehead atoms. The molecule has 7 nitrogen and oxygen atoms in total. The number of hydrogen-bond donors (Lipinski definition) is 0. The molecule has 0 aliphatic heterocycles. The molecule has 2 aromatic carbocycles. The third-order valence-corrected chi connectivity index (χ3v) is 3.46. The summed E-state index contributed by atoms with van der Waals surface area (Å²) in [6.07, 6.45) is 0. The molecular formula is C18H16N2O5. The summed E-state index contributed by atoms with van der Waals surface area (Å²) in [5.41, 5.74) is 1.02. The van der Waals surface area contributed by atoms with E-state index < -0.39 is 5.97 Å². The second-order valence-electron chi connectivity index (χ2n) is 4.99. The summed E-state index contributed by atoms with van der Waals surface area (Å²) in [5.74, 6) is 0.746. The Hall–Kier alpha value is -3.35. The fourth-order valence-corrected chi connectivity index (χ4v) is 2.27. The van der Waals surface area contributed by atoms with Crippen LogP contribution >= 0.6 is 0 Å². The molecule has 128 valence electrons. The van der Waals surface area contributed by atoms with Gasteiger partial charge in [0.05, 0.1) is 14.2 Å². The molecule has 0 saturated carbocycles. The first-order valence-corrected chi connectivity index (χ1v) is 7.49. The lowest BCUT2D eigenvalue weighted by molar-refractivity contribution is 0.0422. The maximum atomic E-state index is 12.4. The third-order valence-electron chi connectivity index (χ3n) is 3.46. The van der Waals surface area contributed by atoms with Crippen molar-refractivity contribution < 1.29 is 23.5 Å². The van der Waals surface area contributed by atoms with Gasteiger partial charge in [0, 0.05) is 5.56 Å². The number of carbonyl (C=O) groups is 1. The Morgan fingerprint density at radius 2 is 1.68 bits per heavy atom. The average Bonchev–Trinajstić information content (AvgIpc) is 3.15. The molecule has 25 heavy (non-hydrogen) atoms. The van der Waals surface area contributed by atoms with Crippen molar-refractivity contribution in [1.29, 1.82) is 0 Å². The smallest absolute Gasteiger partial charge is 0.346 e. The molecule has 7 heteroatoms. The molecule has 1 aromatic heterocycles. The van der Waals surface area contributed by atoms with Gasteiger partial charge in [-0.05, 0) is 12.1 Å². The van der Waals surface area contributed by atoms with Crippen molar-refractivity contribution in [2.45, 2.75) is 6.61 Å². The van der Waals surface area contributed by atoms with Crippen LogP contribution in [0.1, 0.15) is 16.2 Å². The summed E-state index contributed by atoms with van der Waals surface area (Å²) in [4.78, 5) is 16.6. The van der Waals surface area contributed by atoms with Crippen molar-refractivity contribution in [3.63, 3.8) is 0 Å². The van der Waals surface area contributed by atoms with Crippen LogP contribution in [0.15, 0.2) is 53.1 Å². The molecule has 3 aromatic rings. The van der Waals surface area contributed by atoms with Gasteiger partial charge in [-0.1, -0.05) is 41.6 Å². The Bertz CT molecular complexity index is 839. The minimum atomic E-state index is -0.603. The average molecular weight is 340 g/mol. The summed E-state index contributed by atoms with van der Waals surface area (Å²) < 4.78 is 20.8. The first-order chi connectivity index (χ1) is 12.2. The quantitative estimate of drug-likeness (QED) is 0.637. The summed E-state index contributed by atoms with van der Waals surface area (Å²) in [6, 6.07) is 14.4. The lowest BCUT2D eigenvalue weighted by Gasteiger charge is -2.11. The molecule has 0 saturated heterocycles. The normalized spacial score (nSPS) is 10.3. The van der Waals surface area contributed by atoms with Crippen LogP contribution in [0.2, 0.25) is 0 Å². The maximum Gasteiger partial charge on any atom is 0.346 e. The molecule has 0 atom stereocenters. The van der Waals surface area contributed by atoms with Crippen LogP contribution in [-0.4, -0.2) is 30.3 Å². The van der Waals surface area contributed by atoms with Gasteiger partial charge in [0.15, 0.2) is 6.61 Å². The molecule has 0 unspecified atom stereocenters. The molecule has 0 N–H and O–H groups in total. The van der Waals surface area contributed by atoms with E-state index in [-0.39, 0.29) is 18.1 Å². The highest BCUT2D eigenvalue weighted by molar-refractivity contribution is 5.95. The topological polar surface area (TPSA) is 83.7 Å². The molecule has 3 rings (SSSR count). The standard InChI is InChI=1S/C18H16N2O5/c1-22-13-9-6-10-14(23-2)16(13)18(21)24-11-15-19-17(20-25-15)12-7-4-3-5-8-12/h3-10H,11H2,1-2H3. The van der Waals surface area contributed by atoms with E-state index >= 15 is 0 Å². The van der Waals surface area contributed by atoms with Gasteiger partial charge in [-0.2, -0.15) is 4.98 Å². The minimum absolute atomic E-state index is 0.153. The van der Waals surface area contributed by atoms with Crippen LogP contribution in [-0.2, 0) is 11.3 Å². The number of benzene rings is 2. The van der Waals surface area contributed by atoms with E-state index in [0.717, 1.165) is 5.56 Å². The van der Waals surface area contributed by atoms with Crippen molar-refractivity contribution in [3.05, 3.63) is 60.0 Å². The van der Waals surface area contributed by atoms with Crippen molar-refractivity contribution in [3.8, 4) is 22.9 Å². The predicted octanol–water partition coefficient (Wildman–Crippen LogP) is 3.11. The molecule has 0 amide bonds. The highest BCUT2D eigenvalue weighted by atomic mass is 16.6. The van der Waals surface area contributed by atoms with E-state index in [1.165, 1.54) is 14.2 Å². The molecule has 1 heterocycles. The molecular weight excluding hydrogens is 324 g/mol. The first kappa shape index (κ1) is 16.5. The molecule has 0 spiro atoms. The second kappa shape index (κ2) is 7.48. The van der Waals surface area contributed by atoms with Gasteiger partial charge < -0.3 is 18.7 Å². The van der Waals surface area contributed by atoms with Crippen LogP contribution in [0, 0.1) is 0 Å². The van der Waals surface area contributed by atoms with E-state index in [4.69, 9.17) is 18.7 Å². The molecule has 0 fully saturated rings. The number of hydrogen-bond acceptors (Lipinski definition) is 7. The van der Waals surface area contributed by atoms with E-state index in [9.17, 15) is 4.79 Å². The van der Waals surface area contributed by atoms with Crippen LogP contribution in [0.3, 0.4) is 0 Å². The van der Waals surface area contributed by atoms with Gasteiger partial charge >= 0.3 is 5.97 Å². The van der Waals surface area contributed by atoms with Crippen LogP contribution in [0.5, 0.6) is 11.5 Å². The van der Waals surface area contributed by atoms with Crippen molar-refractivity contribution in [1.82, 2.24) is 10.1 Å². The highest BCUT2D eigenvalue weighted by Gasteiger charge is 2.20. The van der Waals surface area contributed by atoms with E-state index in [0.29, 0.717) is 17.3 Å².